The lowest BCUT2D eigenvalue weighted by atomic mass is 9.85. The Bertz CT molecular complexity index is 1970. The van der Waals surface area contributed by atoms with Gasteiger partial charge in [-0.1, -0.05) is 18.7 Å². The molecule has 6 nitrogen and oxygen atoms in total. The zero-order valence-electron chi connectivity index (χ0n) is 23.2. The van der Waals surface area contributed by atoms with Gasteiger partial charge in [-0.25, -0.2) is 21.6 Å². The molecule has 3 aromatic carbocycles. The van der Waals surface area contributed by atoms with Gasteiger partial charge in [0.15, 0.2) is 9.84 Å². The zero-order valence-corrected chi connectivity index (χ0v) is 24.0. The van der Waals surface area contributed by atoms with Crippen molar-refractivity contribution in [2.45, 2.75) is 30.1 Å². The maximum atomic E-state index is 14.4. The van der Waals surface area contributed by atoms with Crippen molar-refractivity contribution in [1.82, 2.24) is 9.97 Å². The molecule has 0 saturated carbocycles. The van der Waals surface area contributed by atoms with Gasteiger partial charge >= 0.3 is 0 Å². The minimum atomic E-state index is -3.46. The van der Waals surface area contributed by atoms with Crippen LogP contribution in [0.25, 0.3) is 27.7 Å². The van der Waals surface area contributed by atoms with E-state index in [1.807, 2.05) is 0 Å². The van der Waals surface area contributed by atoms with Gasteiger partial charge in [0.2, 0.25) is 0 Å². The number of nitrogens with zero attached hydrogens (tertiary/aromatic N) is 1. The molecule has 3 N–H and O–H groups in total. The molecule has 2 heterocycles. The van der Waals surface area contributed by atoms with Crippen LogP contribution < -0.4 is 5.73 Å². The van der Waals surface area contributed by atoms with Gasteiger partial charge in [0.25, 0.3) is 0 Å². The van der Waals surface area contributed by atoms with E-state index in [9.17, 15) is 26.4 Å². The fraction of sp³-hybridized carbons (Fsp3) is 0.152. The second kappa shape index (κ2) is 11.9. The summed E-state index contributed by atoms with van der Waals surface area (Å²) in [6, 6.07) is 15.7. The highest BCUT2D eigenvalue weighted by Crippen LogP contribution is 2.34. The number of H-pyrrole nitrogens is 1. The van der Waals surface area contributed by atoms with Gasteiger partial charge in [-0.3, -0.25) is 9.78 Å². The van der Waals surface area contributed by atoms with E-state index in [2.05, 4.69) is 16.5 Å². The number of hydrogen-bond acceptors (Lipinski definition) is 5. The lowest BCUT2D eigenvalue weighted by Gasteiger charge is -2.20. The predicted octanol–water partition coefficient (Wildman–Crippen LogP) is 6.51. The van der Waals surface area contributed by atoms with Crippen molar-refractivity contribution in [1.29, 1.82) is 0 Å². The maximum Gasteiger partial charge on any atom is 0.175 e. The predicted molar refractivity (Wildman–Crippen MR) is 160 cm³/mol. The Morgan fingerprint density at radius 3 is 2.47 bits per heavy atom. The van der Waals surface area contributed by atoms with Gasteiger partial charge in [-0.05, 0) is 71.6 Å². The number of benzene rings is 3. The molecule has 0 amide bonds. The average Bonchev–Trinajstić information content (AvgIpc) is 3.33. The Morgan fingerprint density at radius 2 is 1.77 bits per heavy atom. The number of pyridine rings is 1. The molecule has 5 aromatic rings. The van der Waals surface area contributed by atoms with Crippen LogP contribution in [-0.2, 0) is 27.5 Å². The van der Waals surface area contributed by atoms with Crippen molar-refractivity contribution < 1.29 is 26.4 Å². The number of sulfone groups is 1. The number of carbonyl (C=O) groups is 1. The van der Waals surface area contributed by atoms with Crippen LogP contribution in [0.1, 0.15) is 34.7 Å². The van der Waals surface area contributed by atoms with Gasteiger partial charge in [-0.2, -0.15) is 0 Å². The third-order valence-corrected chi connectivity index (χ3v) is 8.39. The summed E-state index contributed by atoms with van der Waals surface area (Å²) in [5, 5.41) is 0.611. The summed E-state index contributed by atoms with van der Waals surface area (Å²) in [4.78, 5) is 21.4. The molecule has 0 saturated heterocycles. The normalized spacial score (nSPS) is 12.4. The zero-order chi connectivity index (χ0) is 30.9. The summed E-state index contributed by atoms with van der Waals surface area (Å²) >= 11 is 0. The molecule has 0 bridgehead atoms. The van der Waals surface area contributed by atoms with Crippen molar-refractivity contribution in [2.24, 2.45) is 5.73 Å². The number of hydrogen-bond donors (Lipinski definition) is 2. The maximum absolute atomic E-state index is 14.4. The van der Waals surface area contributed by atoms with Crippen LogP contribution in [0.15, 0.2) is 90.6 Å². The first kappa shape index (κ1) is 29.8. The number of aromatic nitrogens is 2. The van der Waals surface area contributed by atoms with E-state index in [1.165, 1.54) is 30.3 Å². The van der Waals surface area contributed by atoms with Gasteiger partial charge < -0.3 is 10.7 Å². The highest BCUT2D eigenvalue weighted by Gasteiger charge is 2.24. The van der Waals surface area contributed by atoms with Gasteiger partial charge in [0.1, 0.15) is 23.2 Å². The largest absolute Gasteiger partial charge is 0.399 e. The van der Waals surface area contributed by atoms with Crippen molar-refractivity contribution >= 4 is 32.2 Å². The topological polar surface area (TPSA) is 106 Å². The first-order chi connectivity index (χ1) is 20.4. The number of ketones is 1. The number of aromatic amines is 1. The van der Waals surface area contributed by atoms with Gasteiger partial charge in [-0.15, -0.1) is 0 Å². The van der Waals surface area contributed by atoms with E-state index in [-0.39, 0.29) is 41.2 Å². The molecule has 10 heteroatoms. The summed E-state index contributed by atoms with van der Waals surface area (Å²) in [7, 11) is -3.46. The number of nitrogens with two attached hydrogens (primary N) is 1. The van der Waals surface area contributed by atoms with E-state index in [4.69, 9.17) is 5.73 Å². The van der Waals surface area contributed by atoms with Crippen LogP contribution in [0.4, 0.5) is 13.2 Å². The molecule has 0 fully saturated rings. The Morgan fingerprint density at radius 1 is 1.02 bits per heavy atom. The Balaban J connectivity index is 1.53. The first-order valence-corrected chi connectivity index (χ1v) is 15.2. The number of carbonyl (C=O) groups excluding carboxylic acids is 1. The van der Waals surface area contributed by atoms with Crippen LogP contribution in [0, 0.1) is 17.5 Å². The van der Waals surface area contributed by atoms with Crippen molar-refractivity contribution in [3.05, 3.63) is 126 Å². The van der Waals surface area contributed by atoms with Crippen LogP contribution >= 0.6 is 0 Å². The van der Waals surface area contributed by atoms with Crippen LogP contribution in [0.3, 0.4) is 0 Å². The number of rotatable bonds is 10. The Kier molecular flexibility index (Phi) is 8.23. The van der Waals surface area contributed by atoms with E-state index >= 15 is 0 Å². The molecule has 1 atom stereocenters. The van der Waals surface area contributed by atoms with E-state index < -0.39 is 33.2 Å². The molecule has 5 rings (SSSR count). The summed E-state index contributed by atoms with van der Waals surface area (Å²) in [5.74, 6) is -2.84. The average molecular weight is 604 g/mol. The fourth-order valence-corrected chi connectivity index (χ4v) is 5.95. The van der Waals surface area contributed by atoms with Crippen molar-refractivity contribution in [3.63, 3.8) is 0 Å². The second-order valence-electron chi connectivity index (χ2n) is 10.5. The molecule has 0 spiro atoms. The van der Waals surface area contributed by atoms with Crippen LogP contribution in [-0.4, -0.2) is 30.4 Å². The monoisotopic (exact) mass is 603 g/mol. The highest BCUT2D eigenvalue weighted by atomic mass is 32.2. The van der Waals surface area contributed by atoms with E-state index in [0.29, 0.717) is 38.9 Å². The van der Waals surface area contributed by atoms with Crippen molar-refractivity contribution in [3.8, 4) is 11.1 Å². The van der Waals surface area contributed by atoms with Crippen LogP contribution in [0.5, 0.6) is 0 Å². The third kappa shape index (κ3) is 6.70. The van der Waals surface area contributed by atoms with Crippen molar-refractivity contribution in [2.75, 3.05) is 6.26 Å². The Labute approximate surface area is 247 Å². The molecular formula is C33H28F3N3O3S. The molecule has 43 heavy (non-hydrogen) atoms. The molecule has 0 aliphatic rings. The van der Waals surface area contributed by atoms with E-state index in [1.54, 1.807) is 42.7 Å². The summed E-state index contributed by atoms with van der Waals surface area (Å²) in [5.41, 5.74) is 9.27. The minimum absolute atomic E-state index is 0.0168. The van der Waals surface area contributed by atoms with Gasteiger partial charge in [0, 0.05) is 71.2 Å². The lowest BCUT2D eigenvalue weighted by molar-refractivity contribution is -0.118. The number of halogens is 3. The summed E-state index contributed by atoms with van der Waals surface area (Å²) in [6.07, 6.45) is 4.37. The number of nitrogens with one attached hydrogen (secondary N) is 1. The highest BCUT2D eigenvalue weighted by molar-refractivity contribution is 7.90. The van der Waals surface area contributed by atoms with Gasteiger partial charge in [0.05, 0.1) is 10.6 Å². The molecule has 0 radical (unpaired) electrons. The SMILES string of the molecule is C=C(N)c1cc(-c2cccnc2[C@@H](CC(=O)Cc2c[nH]c3ccc(S(C)(=O)=O)cc23)Cc2cc(F)cc(F)c2)ccc1F. The number of fused-ring (bicyclic) bond motifs is 1. The van der Waals surface area contributed by atoms with E-state index in [0.717, 1.165) is 12.3 Å². The molecule has 220 valence electrons. The lowest BCUT2D eigenvalue weighted by Crippen LogP contribution is -2.14. The molecular weight excluding hydrogens is 575 g/mol. The molecule has 0 aliphatic carbocycles. The third-order valence-electron chi connectivity index (χ3n) is 7.28. The Hall–Kier alpha value is -4.70. The fourth-order valence-electron chi connectivity index (χ4n) is 5.30. The minimum Gasteiger partial charge on any atom is -0.399 e. The van der Waals surface area contributed by atoms with Crippen LogP contribution in [0.2, 0.25) is 0 Å². The smallest absolute Gasteiger partial charge is 0.175 e. The molecule has 2 aromatic heterocycles. The molecule has 0 aliphatic heterocycles. The standard InChI is InChI=1S/C33H28F3N3O3S/c1-19(37)29-15-21(5-7-31(29)36)28-4-3-9-38-33(28)22(10-20-11-24(34)16-25(35)12-20)13-26(40)14-23-18-39-32-8-6-27(17-30(23)32)43(2,41)42/h3-9,11-12,15-18,22,39H,1,10,13-14,37H2,2H3/t22-/m1/s1. The second-order valence-corrected chi connectivity index (χ2v) is 12.6. The summed E-state index contributed by atoms with van der Waals surface area (Å²) in [6.45, 7) is 3.64. The quantitative estimate of drug-likeness (QED) is 0.189. The molecule has 0 unspecified atom stereocenters. The summed E-state index contributed by atoms with van der Waals surface area (Å²) < 4.78 is 66.9. The number of Topliss-reactive ketones (excluding diaryl/α,β-unsaturated/α-hetero) is 1. The first-order valence-electron chi connectivity index (χ1n) is 13.4.